The molecule has 1 aliphatic heterocycles. The molecule has 0 spiro atoms. The molecule has 3 aromatic rings. The number of hydrogen-bond acceptors (Lipinski definition) is 7. The number of methoxy groups -OCH3 is 3. The van der Waals surface area contributed by atoms with Gasteiger partial charge in [0.2, 0.25) is 0 Å². The lowest BCUT2D eigenvalue weighted by atomic mass is 9.97. The molecule has 0 bridgehead atoms. The third-order valence-electron chi connectivity index (χ3n) is 5.41. The lowest BCUT2D eigenvalue weighted by Crippen LogP contribution is -2.34. The minimum absolute atomic E-state index is 0.00820. The van der Waals surface area contributed by atoms with Crippen molar-refractivity contribution in [3.63, 3.8) is 0 Å². The zero-order chi connectivity index (χ0) is 22.7. The van der Waals surface area contributed by atoms with Gasteiger partial charge in [0.05, 0.1) is 38.3 Å². The average Bonchev–Trinajstić information content (AvgIpc) is 3.24. The van der Waals surface area contributed by atoms with E-state index in [0.717, 1.165) is 27.5 Å². The van der Waals surface area contributed by atoms with Crippen LogP contribution in [0.2, 0.25) is 0 Å². The van der Waals surface area contributed by atoms with E-state index < -0.39 is 0 Å². The van der Waals surface area contributed by atoms with Crippen LogP contribution in [-0.2, 0) is 0 Å². The van der Waals surface area contributed by atoms with Crippen molar-refractivity contribution in [2.75, 3.05) is 34.4 Å². The summed E-state index contributed by atoms with van der Waals surface area (Å²) in [5, 5.41) is 0.757. The summed E-state index contributed by atoms with van der Waals surface area (Å²) < 4.78 is 16.5. The molecule has 2 aromatic heterocycles. The summed E-state index contributed by atoms with van der Waals surface area (Å²) in [6, 6.07) is 9.36. The van der Waals surface area contributed by atoms with Crippen molar-refractivity contribution in [2.45, 2.75) is 13.3 Å². The second-order valence-electron chi connectivity index (χ2n) is 7.29. The summed E-state index contributed by atoms with van der Waals surface area (Å²) in [6.45, 7) is 2.97. The van der Waals surface area contributed by atoms with Crippen molar-refractivity contribution in [3.8, 4) is 28.0 Å². The van der Waals surface area contributed by atoms with Crippen molar-refractivity contribution in [2.24, 2.45) is 0 Å². The second kappa shape index (κ2) is 9.40. The Kier molecular flexibility index (Phi) is 6.41. The maximum atomic E-state index is 13.2. The highest BCUT2D eigenvalue weighted by atomic mass is 32.1. The quantitative estimate of drug-likeness (QED) is 0.551. The lowest BCUT2D eigenvalue weighted by molar-refractivity contribution is 0.0776. The number of benzene rings is 1. The van der Waals surface area contributed by atoms with E-state index in [0.29, 0.717) is 41.6 Å². The predicted molar refractivity (Wildman–Crippen MR) is 125 cm³/mol. The summed E-state index contributed by atoms with van der Waals surface area (Å²) >= 11 is 1.39. The molecule has 7 nitrogen and oxygen atoms in total. The lowest BCUT2D eigenvalue weighted by Gasteiger charge is -2.27. The van der Waals surface area contributed by atoms with E-state index in [1.807, 2.05) is 42.2 Å². The van der Waals surface area contributed by atoms with Crippen molar-refractivity contribution in [1.29, 1.82) is 0 Å². The smallest absolute Gasteiger partial charge is 0.266 e. The van der Waals surface area contributed by atoms with Gasteiger partial charge in [0, 0.05) is 31.4 Å². The highest BCUT2D eigenvalue weighted by Gasteiger charge is 2.26. The maximum Gasteiger partial charge on any atom is 0.266 e. The largest absolute Gasteiger partial charge is 0.496 e. The van der Waals surface area contributed by atoms with Crippen LogP contribution in [0.1, 0.15) is 27.3 Å². The number of aromatic nitrogens is 2. The van der Waals surface area contributed by atoms with E-state index in [1.54, 1.807) is 27.5 Å². The normalized spacial score (nSPS) is 13.5. The van der Waals surface area contributed by atoms with Crippen LogP contribution < -0.4 is 14.2 Å². The minimum Gasteiger partial charge on any atom is -0.496 e. The Balaban J connectivity index is 1.57. The first-order valence-electron chi connectivity index (χ1n) is 10.2. The van der Waals surface area contributed by atoms with Gasteiger partial charge < -0.3 is 19.1 Å². The molecule has 0 saturated carbocycles. The molecule has 0 unspecified atom stereocenters. The molecule has 0 saturated heterocycles. The van der Waals surface area contributed by atoms with Gasteiger partial charge in [-0.25, -0.2) is 4.98 Å². The summed E-state index contributed by atoms with van der Waals surface area (Å²) in [4.78, 5) is 24.6. The van der Waals surface area contributed by atoms with E-state index in [2.05, 4.69) is 16.0 Å². The molecule has 1 amide bonds. The molecular formula is C24H25N3O4S. The maximum absolute atomic E-state index is 13.2. The van der Waals surface area contributed by atoms with Gasteiger partial charge in [-0.2, -0.15) is 0 Å². The zero-order valence-electron chi connectivity index (χ0n) is 18.5. The number of thiazole rings is 1. The Bertz CT molecular complexity index is 1130. The number of carbonyl (C=O) groups is 1. The van der Waals surface area contributed by atoms with E-state index in [-0.39, 0.29) is 5.91 Å². The zero-order valence-corrected chi connectivity index (χ0v) is 19.4. The molecule has 0 aliphatic carbocycles. The number of ether oxygens (including phenoxy) is 3. The van der Waals surface area contributed by atoms with Crippen molar-refractivity contribution < 1.29 is 19.0 Å². The number of carbonyl (C=O) groups excluding carboxylic acids is 1. The van der Waals surface area contributed by atoms with Gasteiger partial charge in [-0.05, 0) is 31.1 Å². The fourth-order valence-corrected chi connectivity index (χ4v) is 4.75. The van der Waals surface area contributed by atoms with Crippen LogP contribution in [0.15, 0.2) is 42.6 Å². The summed E-state index contributed by atoms with van der Waals surface area (Å²) in [7, 11) is 4.86. The number of hydrogen-bond donors (Lipinski definition) is 0. The number of pyridine rings is 1. The fourth-order valence-electron chi connectivity index (χ4n) is 3.74. The van der Waals surface area contributed by atoms with Crippen LogP contribution >= 0.6 is 11.3 Å². The summed E-state index contributed by atoms with van der Waals surface area (Å²) in [5.41, 5.74) is 3.49. The topological polar surface area (TPSA) is 73.8 Å². The first-order valence-corrected chi connectivity index (χ1v) is 11.0. The van der Waals surface area contributed by atoms with Gasteiger partial charge in [-0.3, -0.25) is 9.78 Å². The molecule has 0 radical (unpaired) electrons. The summed E-state index contributed by atoms with van der Waals surface area (Å²) in [5.74, 6) is 2.03. The Morgan fingerprint density at radius 3 is 2.41 bits per heavy atom. The van der Waals surface area contributed by atoms with Gasteiger partial charge in [0.15, 0.2) is 0 Å². The standard InChI is InChI=1S/C24H25N3O4S/c1-15-22(32-23(26-15)18-7-5-6-10-25-18)24(28)27-11-8-16(9-12-27)21-19(30-3)13-17(29-2)14-20(21)31-4/h5-8,10,13-14H,9,11-12H2,1-4H3. The van der Waals surface area contributed by atoms with Crippen molar-refractivity contribution >= 4 is 22.8 Å². The molecule has 4 rings (SSSR count). The summed E-state index contributed by atoms with van der Waals surface area (Å²) in [6.07, 6.45) is 4.48. The Labute approximate surface area is 191 Å². The van der Waals surface area contributed by atoms with E-state index in [1.165, 1.54) is 11.3 Å². The van der Waals surface area contributed by atoms with Crippen LogP contribution in [0, 0.1) is 6.92 Å². The van der Waals surface area contributed by atoms with E-state index in [4.69, 9.17) is 14.2 Å². The Hall–Kier alpha value is -3.39. The van der Waals surface area contributed by atoms with Gasteiger partial charge in [0.25, 0.3) is 5.91 Å². The first kappa shape index (κ1) is 21.8. The first-order chi connectivity index (χ1) is 15.5. The van der Waals surface area contributed by atoms with Crippen molar-refractivity contribution in [1.82, 2.24) is 14.9 Å². The number of amides is 1. The molecule has 166 valence electrons. The average molecular weight is 452 g/mol. The highest BCUT2D eigenvalue weighted by Crippen LogP contribution is 2.41. The van der Waals surface area contributed by atoms with Gasteiger partial charge in [0.1, 0.15) is 27.1 Å². The van der Waals surface area contributed by atoms with Crippen LogP contribution in [0.25, 0.3) is 16.3 Å². The monoisotopic (exact) mass is 451 g/mol. The fraction of sp³-hybridized carbons (Fsp3) is 0.292. The van der Waals surface area contributed by atoms with Crippen LogP contribution in [0.3, 0.4) is 0 Å². The molecule has 3 heterocycles. The SMILES string of the molecule is COc1cc(OC)c(C2=CCN(C(=O)c3sc(-c4ccccn4)nc3C)CC2)c(OC)c1. The molecule has 8 heteroatoms. The molecule has 0 fully saturated rings. The third-order valence-corrected chi connectivity index (χ3v) is 6.58. The van der Waals surface area contributed by atoms with E-state index in [9.17, 15) is 4.79 Å². The minimum atomic E-state index is -0.00820. The van der Waals surface area contributed by atoms with Crippen molar-refractivity contribution in [3.05, 3.63) is 58.7 Å². The molecule has 1 aromatic carbocycles. The molecule has 1 aliphatic rings. The molecule has 0 N–H and O–H groups in total. The molecule has 0 atom stereocenters. The Morgan fingerprint density at radius 1 is 1.09 bits per heavy atom. The van der Waals surface area contributed by atoms with Crippen LogP contribution in [0.4, 0.5) is 0 Å². The highest BCUT2D eigenvalue weighted by molar-refractivity contribution is 7.17. The predicted octanol–water partition coefficient (Wildman–Crippen LogP) is 4.47. The second-order valence-corrected chi connectivity index (χ2v) is 8.29. The number of rotatable bonds is 6. The van der Waals surface area contributed by atoms with Gasteiger partial charge >= 0.3 is 0 Å². The van der Waals surface area contributed by atoms with Crippen LogP contribution in [-0.4, -0.2) is 55.2 Å². The Morgan fingerprint density at radius 2 is 1.84 bits per heavy atom. The van der Waals surface area contributed by atoms with Gasteiger partial charge in [-0.15, -0.1) is 11.3 Å². The number of nitrogens with zero attached hydrogens (tertiary/aromatic N) is 3. The molecular weight excluding hydrogens is 426 g/mol. The van der Waals surface area contributed by atoms with Gasteiger partial charge in [-0.1, -0.05) is 12.1 Å². The van der Waals surface area contributed by atoms with Crippen LogP contribution in [0.5, 0.6) is 17.2 Å². The van der Waals surface area contributed by atoms with E-state index >= 15 is 0 Å². The molecule has 32 heavy (non-hydrogen) atoms. The third kappa shape index (κ3) is 4.18. The number of aryl methyl sites for hydroxylation is 1.